The van der Waals surface area contributed by atoms with Gasteiger partial charge in [-0.1, -0.05) is 34.6 Å². The Morgan fingerprint density at radius 3 is 2.59 bits per heavy atom. The van der Waals surface area contributed by atoms with Crippen molar-refractivity contribution in [1.29, 1.82) is 0 Å². The van der Waals surface area contributed by atoms with Crippen LogP contribution in [0.15, 0.2) is 0 Å². The van der Waals surface area contributed by atoms with Crippen LogP contribution < -0.4 is 5.32 Å². The Bertz CT molecular complexity index is 263. The van der Waals surface area contributed by atoms with Gasteiger partial charge in [0, 0.05) is 22.6 Å². The van der Waals surface area contributed by atoms with E-state index in [-0.39, 0.29) is 0 Å². The molecule has 0 radical (unpaired) electrons. The second-order valence-electron chi connectivity index (χ2n) is 6.55. The van der Waals surface area contributed by atoms with Crippen molar-refractivity contribution in [1.82, 2.24) is 5.32 Å². The van der Waals surface area contributed by atoms with E-state index in [1.54, 1.807) is 0 Å². The minimum absolute atomic E-state index is 0.348. The van der Waals surface area contributed by atoms with Crippen LogP contribution in [0.2, 0.25) is 0 Å². The van der Waals surface area contributed by atoms with Gasteiger partial charge in [0.1, 0.15) is 0 Å². The first kappa shape index (κ1) is 15.2. The van der Waals surface area contributed by atoms with Gasteiger partial charge in [-0.3, -0.25) is 4.21 Å². The van der Waals surface area contributed by atoms with E-state index in [0.717, 1.165) is 18.7 Å². The maximum Gasteiger partial charge on any atom is 0.0506 e. The summed E-state index contributed by atoms with van der Waals surface area (Å²) in [6, 6.07) is 0.465. The lowest BCUT2D eigenvalue weighted by Gasteiger charge is -2.40. The lowest BCUT2D eigenvalue weighted by Crippen LogP contribution is -2.49. The molecule has 0 aromatic rings. The van der Waals surface area contributed by atoms with Gasteiger partial charge in [0.15, 0.2) is 0 Å². The van der Waals surface area contributed by atoms with Crippen molar-refractivity contribution in [2.75, 3.05) is 12.3 Å². The van der Waals surface area contributed by atoms with Crippen LogP contribution in [0, 0.1) is 11.3 Å². The second kappa shape index (κ2) is 6.33. The zero-order valence-electron chi connectivity index (χ0n) is 12.1. The zero-order valence-corrected chi connectivity index (χ0v) is 12.9. The molecule has 3 unspecified atom stereocenters. The van der Waals surface area contributed by atoms with Crippen LogP contribution in [0.5, 0.6) is 0 Å². The highest BCUT2D eigenvalue weighted by molar-refractivity contribution is 7.85. The summed E-state index contributed by atoms with van der Waals surface area (Å²) < 4.78 is 12.5. The molecule has 1 fully saturated rings. The largest absolute Gasteiger partial charge is 0.313 e. The smallest absolute Gasteiger partial charge is 0.0506 e. The number of rotatable bonds is 5. The Morgan fingerprint density at radius 2 is 2.06 bits per heavy atom. The average molecular weight is 259 g/mol. The summed E-state index contributed by atoms with van der Waals surface area (Å²) in [7, 11) is -0.677. The molecule has 2 nitrogen and oxygen atoms in total. The molecule has 1 aliphatic rings. The lowest BCUT2D eigenvalue weighted by atomic mass is 9.75. The van der Waals surface area contributed by atoms with Gasteiger partial charge in [-0.15, -0.1) is 0 Å². The second-order valence-corrected chi connectivity index (χ2v) is 8.25. The molecule has 0 aromatic carbocycles. The summed E-state index contributed by atoms with van der Waals surface area (Å²) in [5, 5.41) is 3.88. The summed E-state index contributed by atoms with van der Waals surface area (Å²) in [5.74, 6) is 1.38. The van der Waals surface area contributed by atoms with Crippen molar-refractivity contribution in [2.45, 2.75) is 65.2 Å². The molecule has 17 heavy (non-hydrogen) atoms. The maximum atomic E-state index is 12.5. The predicted molar refractivity (Wildman–Crippen MR) is 76.7 cm³/mol. The molecule has 0 aromatic heterocycles. The first-order valence-corrected chi connectivity index (χ1v) is 8.34. The molecule has 0 saturated heterocycles. The minimum Gasteiger partial charge on any atom is -0.313 e. The maximum absolute atomic E-state index is 12.5. The van der Waals surface area contributed by atoms with Gasteiger partial charge in [-0.05, 0) is 37.1 Å². The van der Waals surface area contributed by atoms with Gasteiger partial charge < -0.3 is 5.32 Å². The molecule has 102 valence electrons. The topological polar surface area (TPSA) is 29.1 Å². The molecular weight excluding hydrogens is 230 g/mol. The first-order chi connectivity index (χ1) is 7.85. The molecule has 1 rings (SSSR count). The SMILES string of the molecule is CCNC1CCC(C)(C)CC1S(=O)CC(C)C. The third kappa shape index (κ3) is 4.70. The van der Waals surface area contributed by atoms with Crippen molar-refractivity contribution in [3.05, 3.63) is 0 Å². The van der Waals surface area contributed by atoms with E-state index >= 15 is 0 Å². The third-order valence-corrected chi connectivity index (χ3v) is 5.80. The monoisotopic (exact) mass is 259 g/mol. The Hall–Kier alpha value is 0.110. The Kier molecular flexibility index (Phi) is 5.65. The molecule has 0 amide bonds. The van der Waals surface area contributed by atoms with E-state index in [1.807, 2.05) is 0 Å². The van der Waals surface area contributed by atoms with Crippen molar-refractivity contribution in [3.8, 4) is 0 Å². The molecule has 3 atom stereocenters. The normalized spacial score (nSPS) is 30.5. The predicted octanol–water partition coefficient (Wildman–Crippen LogP) is 2.95. The van der Waals surface area contributed by atoms with Crippen LogP contribution in [-0.4, -0.2) is 27.8 Å². The quantitative estimate of drug-likeness (QED) is 0.822. The molecule has 0 aliphatic heterocycles. The molecule has 0 spiro atoms. The number of nitrogens with one attached hydrogen (secondary N) is 1. The Morgan fingerprint density at radius 1 is 1.41 bits per heavy atom. The first-order valence-electron chi connectivity index (χ1n) is 6.96. The minimum atomic E-state index is -0.677. The van der Waals surface area contributed by atoms with Crippen LogP contribution in [-0.2, 0) is 10.8 Å². The number of hydrogen-bond donors (Lipinski definition) is 1. The Balaban J connectivity index is 2.69. The van der Waals surface area contributed by atoms with Crippen molar-refractivity contribution in [2.24, 2.45) is 11.3 Å². The average Bonchev–Trinajstić information content (AvgIpc) is 2.19. The summed E-state index contributed by atoms with van der Waals surface area (Å²) in [5.41, 5.74) is 0.364. The summed E-state index contributed by atoms with van der Waals surface area (Å²) in [4.78, 5) is 0. The van der Waals surface area contributed by atoms with Crippen LogP contribution in [0.1, 0.15) is 53.9 Å². The fourth-order valence-corrected chi connectivity index (χ4v) is 4.89. The standard InChI is InChI=1S/C14H29NOS/c1-6-15-12-7-8-14(4,5)9-13(12)17(16)10-11(2)3/h11-13,15H,6-10H2,1-5H3. The van der Waals surface area contributed by atoms with Gasteiger partial charge >= 0.3 is 0 Å². The molecular formula is C14H29NOS. The van der Waals surface area contributed by atoms with E-state index in [9.17, 15) is 4.21 Å². The molecule has 3 heteroatoms. The molecule has 0 heterocycles. The van der Waals surface area contributed by atoms with Gasteiger partial charge in [0.05, 0.1) is 5.25 Å². The van der Waals surface area contributed by atoms with Crippen molar-refractivity contribution in [3.63, 3.8) is 0 Å². The summed E-state index contributed by atoms with van der Waals surface area (Å²) in [6.07, 6.45) is 3.53. The lowest BCUT2D eigenvalue weighted by molar-refractivity contribution is 0.212. The third-order valence-electron chi connectivity index (χ3n) is 3.64. The van der Waals surface area contributed by atoms with Crippen LogP contribution >= 0.6 is 0 Å². The van der Waals surface area contributed by atoms with Gasteiger partial charge in [0.2, 0.25) is 0 Å². The molecule has 1 N–H and O–H groups in total. The molecule has 1 saturated carbocycles. The summed E-state index contributed by atoms with van der Waals surface area (Å²) in [6.45, 7) is 12.1. The van der Waals surface area contributed by atoms with E-state index < -0.39 is 10.8 Å². The fraction of sp³-hybridized carbons (Fsp3) is 1.00. The molecule has 0 bridgehead atoms. The zero-order chi connectivity index (χ0) is 13.1. The van der Waals surface area contributed by atoms with E-state index in [1.165, 1.54) is 12.8 Å². The van der Waals surface area contributed by atoms with Crippen LogP contribution in [0.25, 0.3) is 0 Å². The van der Waals surface area contributed by atoms with Gasteiger partial charge in [0.25, 0.3) is 0 Å². The van der Waals surface area contributed by atoms with E-state index in [2.05, 4.69) is 39.9 Å². The van der Waals surface area contributed by atoms with Gasteiger partial charge in [-0.2, -0.15) is 0 Å². The highest BCUT2D eigenvalue weighted by atomic mass is 32.2. The highest BCUT2D eigenvalue weighted by Crippen LogP contribution is 2.37. The highest BCUT2D eigenvalue weighted by Gasteiger charge is 2.37. The summed E-state index contributed by atoms with van der Waals surface area (Å²) >= 11 is 0. The van der Waals surface area contributed by atoms with Gasteiger partial charge in [-0.25, -0.2) is 0 Å². The van der Waals surface area contributed by atoms with Crippen molar-refractivity contribution >= 4 is 10.8 Å². The van der Waals surface area contributed by atoms with Crippen LogP contribution in [0.4, 0.5) is 0 Å². The Labute approximate surface area is 109 Å². The van der Waals surface area contributed by atoms with Crippen molar-refractivity contribution < 1.29 is 4.21 Å². The molecule has 1 aliphatic carbocycles. The van der Waals surface area contributed by atoms with E-state index in [0.29, 0.717) is 22.6 Å². The van der Waals surface area contributed by atoms with E-state index in [4.69, 9.17) is 0 Å². The van der Waals surface area contributed by atoms with Crippen LogP contribution in [0.3, 0.4) is 0 Å². The number of hydrogen-bond acceptors (Lipinski definition) is 2. The fourth-order valence-electron chi connectivity index (χ4n) is 2.75.